The molecule has 1 rings (SSSR count). The van der Waals surface area contributed by atoms with Gasteiger partial charge in [-0.15, -0.1) is 0 Å². The molecule has 0 fully saturated rings. The van der Waals surface area contributed by atoms with Gasteiger partial charge in [0.2, 0.25) is 0 Å². The Labute approximate surface area is 150 Å². The van der Waals surface area contributed by atoms with Gasteiger partial charge in [-0.1, -0.05) is 0 Å². The van der Waals surface area contributed by atoms with Crippen molar-refractivity contribution in [2.45, 2.75) is 54.9 Å². The molecule has 0 saturated carbocycles. The van der Waals surface area contributed by atoms with E-state index in [-0.39, 0.29) is 5.78 Å². The molecule has 0 N–H and O–H groups in total. The first-order valence-corrected chi connectivity index (χ1v) is 18.7. The van der Waals surface area contributed by atoms with E-state index in [1.54, 1.807) is 0 Å². The number of ketones is 1. The molecule has 0 heterocycles. The topological polar surface area (TPSA) is 52.6 Å². The van der Waals surface area contributed by atoms with Crippen molar-refractivity contribution in [2.75, 3.05) is 13.7 Å². The van der Waals surface area contributed by atoms with E-state index < -0.39 is 29.8 Å². The third kappa shape index (κ3) is 5.36. The van der Waals surface area contributed by atoms with Gasteiger partial charge in [-0.2, -0.15) is 0 Å². The van der Waals surface area contributed by atoms with E-state index in [1.165, 1.54) is 16.8 Å². The average molecular weight is 443 g/mol. The molecule has 24 heavy (non-hydrogen) atoms. The van der Waals surface area contributed by atoms with Crippen LogP contribution in [0.4, 0.5) is 0 Å². The number of hydrogen-bond acceptors (Lipinski definition) is 4. The molecule has 0 aromatic rings. The molecule has 1 aliphatic rings. The fourth-order valence-corrected chi connectivity index (χ4v) is 4.56. The zero-order valence-electron chi connectivity index (χ0n) is 16.2. The van der Waals surface area contributed by atoms with Crippen LogP contribution in [-0.2, 0) is 19.1 Å². The van der Waals surface area contributed by atoms with Gasteiger partial charge in [0.25, 0.3) is 0 Å². The Morgan fingerprint density at radius 1 is 1.38 bits per heavy atom. The number of rotatable bonds is 7. The number of carbonyl (C=O) groups is 2. The predicted octanol–water partition coefficient (Wildman–Crippen LogP) is 4.28. The third-order valence-electron chi connectivity index (χ3n) is 4.68. The van der Waals surface area contributed by atoms with E-state index in [2.05, 4.69) is 41.7 Å². The van der Waals surface area contributed by atoms with Gasteiger partial charge >= 0.3 is 151 Å². The molecule has 0 amide bonds. The van der Waals surface area contributed by atoms with Crippen molar-refractivity contribution < 1.29 is 19.1 Å². The molecular formula is C19H32O4Sn. The van der Waals surface area contributed by atoms with Crippen molar-refractivity contribution in [3.05, 3.63) is 21.5 Å². The summed E-state index contributed by atoms with van der Waals surface area (Å²) in [5.74, 6) is 0.467. The fraction of sp³-hybridized carbons (Fsp3) is 0.684. The molecule has 0 spiro atoms. The van der Waals surface area contributed by atoms with Gasteiger partial charge in [0.1, 0.15) is 0 Å². The number of ether oxygens (including phenoxy) is 2. The molecule has 0 radical (unpaired) electrons. The molecule has 1 aliphatic carbocycles. The number of methoxy groups -OCH3 is 1. The Kier molecular flexibility index (Phi) is 7.57. The summed E-state index contributed by atoms with van der Waals surface area (Å²) in [5.41, 5.74) is -1.09. The van der Waals surface area contributed by atoms with Crippen molar-refractivity contribution in [2.24, 2.45) is 11.3 Å². The van der Waals surface area contributed by atoms with Gasteiger partial charge in [0.15, 0.2) is 0 Å². The summed E-state index contributed by atoms with van der Waals surface area (Å²) in [7, 11) is 1.35. The Balaban J connectivity index is 3.03. The van der Waals surface area contributed by atoms with Crippen LogP contribution < -0.4 is 0 Å². The molecule has 0 saturated heterocycles. The van der Waals surface area contributed by atoms with Gasteiger partial charge in [-0.3, -0.25) is 0 Å². The predicted molar refractivity (Wildman–Crippen MR) is 99.3 cm³/mol. The molecule has 4 nitrogen and oxygen atoms in total. The number of esters is 1. The number of carbonyl (C=O) groups excluding carboxylic acids is 2. The first kappa shape index (κ1) is 21.3. The van der Waals surface area contributed by atoms with Gasteiger partial charge in [-0.25, -0.2) is 0 Å². The molecule has 1 atom stereocenters. The minimum atomic E-state index is -2.16. The van der Waals surface area contributed by atoms with Crippen LogP contribution >= 0.6 is 0 Å². The summed E-state index contributed by atoms with van der Waals surface area (Å²) in [6.45, 7) is 6.84. The second-order valence-electron chi connectivity index (χ2n) is 8.09. The van der Waals surface area contributed by atoms with Crippen molar-refractivity contribution in [3.8, 4) is 0 Å². The van der Waals surface area contributed by atoms with Crippen LogP contribution in [0.15, 0.2) is 21.5 Å². The summed E-state index contributed by atoms with van der Waals surface area (Å²) in [6.07, 6.45) is 5.07. The van der Waals surface area contributed by atoms with E-state index >= 15 is 0 Å². The fourth-order valence-electron chi connectivity index (χ4n) is 2.52. The van der Waals surface area contributed by atoms with Crippen molar-refractivity contribution in [1.82, 2.24) is 0 Å². The second kappa shape index (κ2) is 8.54. The van der Waals surface area contributed by atoms with Gasteiger partial charge in [-0.05, 0) is 0 Å². The molecule has 136 valence electrons. The number of hydrogen-bond donors (Lipinski definition) is 0. The SMILES string of the molecule is COC(=O)C1(C/C=[C](/C)[Sn]([CH3])([CH3])[CH3])CCC(OCC(C)C)=CC1=O. The Morgan fingerprint density at radius 3 is 2.46 bits per heavy atom. The molecule has 0 aromatic carbocycles. The van der Waals surface area contributed by atoms with Crippen molar-refractivity contribution in [3.63, 3.8) is 0 Å². The molecule has 5 heteroatoms. The van der Waals surface area contributed by atoms with Crippen LogP contribution in [0.1, 0.15) is 40.0 Å². The maximum atomic E-state index is 12.8. The summed E-state index contributed by atoms with van der Waals surface area (Å²) in [4.78, 5) is 32.1. The molecule has 0 aromatic heterocycles. The molecule has 1 unspecified atom stereocenters. The van der Waals surface area contributed by atoms with Crippen molar-refractivity contribution >= 4 is 30.1 Å². The van der Waals surface area contributed by atoms with Gasteiger partial charge in [0, 0.05) is 0 Å². The van der Waals surface area contributed by atoms with E-state index in [0.29, 0.717) is 37.5 Å². The minimum absolute atomic E-state index is 0.187. The third-order valence-corrected chi connectivity index (χ3v) is 12.0. The molecular weight excluding hydrogens is 411 g/mol. The first-order valence-electron chi connectivity index (χ1n) is 8.66. The quantitative estimate of drug-likeness (QED) is 0.335. The number of allylic oxidation sites excluding steroid dienone is 4. The first-order chi connectivity index (χ1) is 11.0. The van der Waals surface area contributed by atoms with Crippen LogP contribution in [0, 0.1) is 11.3 Å². The van der Waals surface area contributed by atoms with Crippen LogP contribution in [0.5, 0.6) is 0 Å². The standard InChI is InChI=1S/C16H23O4.3CH3.Sn/c1-5-6-8-16(15(18)19-4)9-7-13(10-14(16)17)20-11-12(2)3;;;;/h6,10,12H,7-9,11H2,1-4H3;3*1H3;. The van der Waals surface area contributed by atoms with Crippen LogP contribution in [0.3, 0.4) is 0 Å². The van der Waals surface area contributed by atoms with Gasteiger partial charge in [0.05, 0.1) is 0 Å². The maximum absolute atomic E-state index is 12.8. The van der Waals surface area contributed by atoms with Crippen molar-refractivity contribution in [1.29, 1.82) is 0 Å². The molecule has 0 bridgehead atoms. The van der Waals surface area contributed by atoms with E-state index in [4.69, 9.17) is 9.47 Å². The molecule has 0 aliphatic heterocycles. The average Bonchev–Trinajstić information content (AvgIpc) is 2.50. The summed E-state index contributed by atoms with van der Waals surface area (Å²) in [6, 6.07) is 0. The monoisotopic (exact) mass is 444 g/mol. The Morgan fingerprint density at radius 2 is 2.00 bits per heavy atom. The van der Waals surface area contributed by atoms with Crippen LogP contribution in [-0.4, -0.2) is 43.8 Å². The summed E-state index contributed by atoms with van der Waals surface area (Å²) in [5, 5.41) is 0. The van der Waals surface area contributed by atoms with E-state index in [0.717, 1.165) is 0 Å². The van der Waals surface area contributed by atoms with Crippen LogP contribution in [0.25, 0.3) is 0 Å². The summed E-state index contributed by atoms with van der Waals surface area (Å²) >= 11 is -2.16. The normalized spacial score (nSPS) is 22.4. The van der Waals surface area contributed by atoms with Gasteiger partial charge < -0.3 is 0 Å². The zero-order chi connectivity index (χ0) is 18.5. The summed E-state index contributed by atoms with van der Waals surface area (Å²) < 4.78 is 12.0. The van der Waals surface area contributed by atoms with Crippen LogP contribution in [0.2, 0.25) is 14.8 Å². The second-order valence-corrected chi connectivity index (χ2v) is 23.2. The van der Waals surface area contributed by atoms with E-state index in [1.807, 2.05) is 0 Å². The Bertz CT molecular complexity index is 540. The Hall–Kier alpha value is -0.781. The van der Waals surface area contributed by atoms with E-state index in [9.17, 15) is 9.59 Å². The zero-order valence-corrected chi connectivity index (χ0v) is 19.0.